The van der Waals surface area contributed by atoms with E-state index in [1.54, 1.807) is 12.0 Å². The summed E-state index contributed by atoms with van der Waals surface area (Å²) < 4.78 is 10.5. The third-order valence-electron chi connectivity index (χ3n) is 2.64. The second kappa shape index (κ2) is 5.49. The van der Waals surface area contributed by atoms with E-state index in [2.05, 4.69) is 11.7 Å². The Hall–Kier alpha value is -1.10. The average Bonchev–Trinajstić information content (AvgIpc) is 2.59. The van der Waals surface area contributed by atoms with Gasteiger partial charge in [-0.25, -0.2) is 4.79 Å². The van der Waals surface area contributed by atoms with E-state index < -0.39 is 5.60 Å². The molecule has 1 saturated heterocycles. The van der Waals surface area contributed by atoms with Crippen LogP contribution in [0.25, 0.3) is 0 Å². The highest BCUT2D eigenvalue weighted by molar-refractivity contribution is 5.69. The Labute approximate surface area is 103 Å². The van der Waals surface area contributed by atoms with Gasteiger partial charge in [-0.3, -0.25) is 4.99 Å². The Morgan fingerprint density at radius 1 is 1.53 bits per heavy atom. The molecule has 98 valence electrons. The number of likely N-dealkylation sites (tertiary alicyclic amines) is 1. The first-order valence-corrected chi connectivity index (χ1v) is 5.81. The molecular formula is C12H22N2O3. The third-order valence-corrected chi connectivity index (χ3v) is 2.64. The number of nitrogens with zero attached hydrogens (tertiary/aromatic N) is 2. The monoisotopic (exact) mass is 242 g/mol. The molecular weight excluding hydrogens is 220 g/mol. The van der Waals surface area contributed by atoms with Crippen LogP contribution in [0, 0.1) is 0 Å². The Balaban J connectivity index is 2.66. The summed E-state index contributed by atoms with van der Waals surface area (Å²) in [6, 6.07) is 0.119. The van der Waals surface area contributed by atoms with Crippen LogP contribution >= 0.6 is 0 Å². The van der Waals surface area contributed by atoms with E-state index in [-0.39, 0.29) is 18.2 Å². The van der Waals surface area contributed by atoms with Crippen LogP contribution in [0.1, 0.15) is 27.2 Å². The molecule has 1 aliphatic rings. The lowest BCUT2D eigenvalue weighted by Gasteiger charge is -2.28. The van der Waals surface area contributed by atoms with Crippen LogP contribution in [-0.2, 0) is 9.47 Å². The molecule has 0 aromatic carbocycles. The van der Waals surface area contributed by atoms with Crippen LogP contribution in [0.4, 0.5) is 4.79 Å². The van der Waals surface area contributed by atoms with Crippen molar-refractivity contribution in [3.63, 3.8) is 0 Å². The Bertz CT molecular complexity index is 286. The fraction of sp³-hybridized carbons (Fsp3) is 0.833. The van der Waals surface area contributed by atoms with E-state index in [1.165, 1.54) is 0 Å². The largest absolute Gasteiger partial charge is 0.444 e. The summed E-state index contributed by atoms with van der Waals surface area (Å²) in [4.78, 5) is 17.7. The molecule has 0 saturated carbocycles. The minimum Gasteiger partial charge on any atom is -0.444 e. The van der Waals surface area contributed by atoms with Gasteiger partial charge in [0.1, 0.15) is 5.60 Å². The van der Waals surface area contributed by atoms with Crippen LogP contribution in [0.5, 0.6) is 0 Å². The van der Waals surface area contributed by atoms with Crippen molar-refractivity contribution in [2.24, 2.45) is 4.99 Å². The van der Waals surface area contributed by atoms with Crippen molar-refractivity contribution in [2.45, 2.75) is 44.9 Å². The lowest BCUT2D eigenvalue weighted by Crippen LogP contribution is -2.41. The first-order chi connectivity index (χ1) is 7.87. The van der Waals surface area contributed by atoms with Crippen molar-refractivity contribution in [1.29, 1.82) is 0 Å². The fourth-order valence-electron chi connectivity index (χ4n) is 1.92. The molecule has 0 radical (unpaired) electrons. The van der Waals surface area contributed by atoms with Gasteiger partial charge in [0.25, 0.3) is 0 Å². The van der Waals surface area contributed by atoms with Gasteiger partial charge < -0.3 is 14.4 Å². The Morgan fingerprint density at radius 3 is 2.65 bits per heavy atom. The molecule has 1 heterocycles. The molecule has 1 aliphatic heterocycles. The normalized spacial score (nSPS) is 24.8. The summed E-state index contributed by atoms with van der Waals surface area (Å²) in [5.74, 6) is 0. The molecule has 1 rings (SSSR count). The van der Waals surface area contributed by atoms with E-state index >= 15 is 0 Å². The molecule has 5 nitrogen and oxygen atoms in total. The average molecular weight is 242 g/mol. The standard InChI is InChI=1S/C12H22N2O3/c1-12(2,3)17-11(15)14-7-9(13-4)6-10(14)8-16-5/h9-10H,4,6-8H2,1-3,5H3/t9-,10+/m1/s1. The lowest BCUT2D eigenvalue weighted by molar-refractivity contribution is 0.0147. The van der Waals surface area contributed by atoms with E-state index in [1.807, 2.05) is 20.8 Å². The predicted octanol–water partition coefficient (Wildman–Crippen LogP) is 1.71. The van der Waals surface area contributed by atoms with Gasteiger partial charge in [0.05, 0.1) is 18.7 Å². The summed E-state index contributed by atoms with van der Waals surface area (Å²) in [5.41, 5.74) is -0.478. The molecule has 0 N–H and O–H groups in total. The molecule has 5 heteroatoms. The number of methoxy groups -OCH3 is 1. The van der Waals surface area contributed by atoms with Crippen LogP contribution in [0.3, 0.4) is 0 Å². The van der Waals surface area contributed by atoms with Crippen molar-refractivity contribution in [1.82, 2.24) is 4.90 Å². The molecule has 0 aliphatic carbocycles. The highest BCUT2D eigenvalue weighted by atomic mass is 16.6. The number of carbonyl (C=O) groups excluding carboxylic acids is 1. The Morgan fingerprint density at radius 2 is 2.18 bits per heavy atom. The van der Waals surface area contributed by atoms with Gasteiger partial charge >= 0.3 is 6.09 Å². The van der Waals surface area contributed by atoms with E-state index in [4.69, 9.17) is 9.47 Å². The minimum absolute atomic E-state index is 0.0327. The van der Waals surface area contributed by atoms with Crippen LogP contribution in [0.2, 0.25) is 0 Å². The van der Waals surface area contributed by atoms with E-state index in [9.17, 15) is 4.79 Å². The first kappa shape index (κ1) is 14.0. The maximum absolute atomic E-state index is 12.0. The summed E-state index contributed by atoms with van der Waals surface area (Å²) in [6.07, 6.45) is 0.488. The van der Waals surface area contributed by atoms with Gasteiger partial charge in [-0.2, -0.15) is 0 Å². The van der Waals surface area contributed by atoms with Gasteiger partial charge in [0.2, 0.25) is 0 Å². The molecule has 0 aromatic rings. The summed E-state index contributed by atoms with van der Waals surface area (Å²) in [7, 11) is 1.63. The second-order valence-electron chi connectivity index (χ2n) is 5.31. The van der Waals surface area contributed by atoms with Crippen LogP contribution in [0.15, 0.2) is 4.99 Å². The first-order valence-electron chi connectivity index (χ1n) is 5.81. The number of hydrogen-bond acceptors (Lipinski definition) is 4. The molecule has 2 atom stereocenters. The number of rotatable bonds is 3. The molecule has 0 bridgehead atoms. The van der Waals surface area contributed by atoms with Gasteiger partial charge in [-0.15, -0.1) is 0 Å². The van der Waals surface area contributed by atoms with Crippen LogP contribution in [-0.4, -0.2) is 55.7 Å². The fourth-order valence-corrected chi connectivity index (χ4v) is 1.92. The smallest absolute Gasteiger partial charge is 0.410 e. The van der Waals surface area contributed by atoms with Gasteiger partial charge in [0, 0.05) is 13.7 Å². The zero-order valence-electron chi connectivity index (χ0n) is 11.1. The highest BCUT2D eigenvalue weighted by Crippen LogP contribution is 2.23. The number of carbonyl (C=O) groups is 1. The zero-order valence-corrected chi connectivity index (χ0v) is 11.1. The topological polar surface area (TPSA) is 51.1 Å². The van der Waals surface area contributed by atoms with Crippen molar-refractivity contribution in [2.75, 3.05) is 20.3 Å². The quantitative estimate of drug-likeness (QED) is 0.708. The summed E-state index contributed by atoms with van der Waals surface area (Å²) >= 11 is 0. The molecule has 0 unspecified atom stereocenters. The predicted molar refractivity (Wildman–Crippen MR) is 66.6 cm³/mol. The minimum atomic E-state index is -0.478. The van der Waals surface area contributed by atoms with Gasteiger partial charge in [-0.05, 0) is 33.9 Å². The molecule has 0 spiro atoms. The molecule has 17 heavy (non-hydrogen) atoms. The summed E-state index contributed by atoms with van der Waals surface area (Å²) in [5, 5.41) is 0. The third kappa shape index (κ3) is 4.00. The van der Waals surface area contributed by atoms with Gasteiger partial charge in [0.15, 0.2) is 0 Å². The van der Waals surface area contributed by atoms with E-state index in [0.717, 1.165) is 6.42 Å². The van der Waals surface area contributed by atoms with Crippen molar-refractivity contribution in [3.8, 4) is 0 Å². The van der Waals surface area contributed by atoms with Crippen molar-refractivity contribution < 1.29 is 14.3 Å². The summed E-state index contributed by atoms with van der Waals surface area (Å²) in [6.45, 7) is 10.2. The molecule has 1 amide bonds. The molecule has 1 fully saturated rings. The van der Waals surface area contributed by atoms with Crippen molar-refractivity contribution in [3.05, 3.63) is 0 Å². The maximum atomic E-state index is 12.0. The van der Waals surface area contributed by atoms with Crippen LogP contribution < -0.4 is 0 Å². The number of ether oxygens (including phenoxy) is 2. The maximum Gasteiger partial charge on any atom is 0.410 e. The van der Waals surface area contributed by atoms with Crippen molar-refractivity contribution >= 4 is 12.8 Å². The number of amides is 1. The zero-order chi connectivity index (χ0) is 13.1. The molecule has 0 aromatic heterocycles. The number of hydrogen-bond donors (Lipinski definition) is 0. The highest BCUT2D eigenvalue weighted by Gasteiger charge is 2.36. The van der Waals surface area contributed by atoms with E-state index in [0.29, 0.717) is 13.2 Å². The number of aliphatic imine (C=N–C) groups is 1. The van der Waals surface area contributed by atoms with Gasteiger partial charge in [-0.1, -0.05) is 0 Å². The lowest BCUT2D eigenvalue weighted by atomic mass is 10.2. The second-order valence-corrected chi connectivity index (χ2v) is 5.31. The Kier molecular flexibility index (Phi) is 4.51. The SMILES string of the molecule is C=N[C@@H]1C[C@@H](COC)N(C(=O)OC(C)(C)C)C1.